The Kier molecular flexibility index (Phi) is 3.20. The highest BCUT2D eigenvalue weighted by molar-refractivity contribution is 5.29. The lowest BCUT2D eigenvalue weighted by atomic mass is 10.1. The summed E-state index contributed by atoms with van der Waals surface area (Å²) in [7, 11) is 0. The van der Waals surface area contributed by atoms with Gasteiger partial charge in [0.2, 0.25) is 0 Å². The van der Waals surface area contributed by atoms with Gasteiger partial charge in [0.05, 0.1) is 6.20 Å². The normalized spacial score (nSPS) is 10.4. The molecular weight excluding hydrogens is 198 g/mol. The Morgan fingerprint density at radius 1 is 0.938 bits per heavy atom. The number of para-hydroxylation sites is 1. The van der Waals surface area contributed by atoms with E-state index in [0.717, 1.165) is 17.2 Å². The number of nitrogens with zero attached hydrogens (tertiary/aromatic N) is 1. The minimum atomic E-state index is 0.450. The van der Waals surface area contributed by atoms with Gasteiger partial charge >= 0.3 is 0 Å². The predicted octanol–water partition coefficient (Wildman–Crippen LogP) is 4.00. The summed E-state index contributed by atoms with van der Waals surface area (Å²) in [5, 5.41) is 0. The Balaban J connectivity index is 2.11. The van der Waals surface area contributed by atoms with Gasteiger partial charge < -0.3 is 4.74 Å². The first kappa shape index (κ1) is 10.7. The molecule has 0 aliphatic carbocycles. The van der Waals surface area contributed by atoms with Crippen molar-refractivity contribution in [3.05, 3.63) is 54.4 Å². The van der Waals surface area contributed by atoms with Crippen LogP contribution in [0.15, 0.2) is 48.7 Å². The summed E-state index contributed by atoms with van der Waals surface area (Å²) < 4.78 is 5.65. The van der Waals surface area contributed by atoms with Gasteiger partial charge in [0.15, 0.2) is 0 Å². The van der Waals surface area contributed by atoms with Crippen molar-refractivity contribution in [2.24, 2.45) is 0 Å². The summed E-state index contributed by atoms with van der Waals surface area (Å²) in [5.74, 6) is 2.06. The number of pyridine rings is 1. The summed E-state index contributed by atoms with van der Waals surface area (Å²) in [6.45, 7) is 4.25. The fraction of sp³-hybridized carbons (Fsp3) is 0.214. The summed E-state index contributed by atoms with van der Waals surface area (Å²) in [4.78, 5) is 4.35. The van der Waals surface area contributed by atoms with Crippen molar-refractivity contribution in [3.63, 3.8) is 0 Å². The lowest BCUT2D eigenvalue weighted by Gasteiger charge is -2.07. The molecule has 0 saturated carbocycles. The first-order valence-electron chi connectivity index (χ1n) is 5.44. The third-order valence-corrected chi connectivity index (χ3v) is 2.33. The molecular formula is C14H15NO. The van der Waals surface area contributed by atoms with E-state index in [1.54, 1.807) is 6.20 Å². The van der Waals surface area contributed by atoms with Crippen molar-refractivity contribution < 1.29 is 4.74 Å². The molecule has 0 saturated heterocycles. The number of hydrogen-bond acceptors (Lipinski definition) is 2. The van der Waals surface area contributed by atoms with Gasteiger partial charge in [0, 0.05) is 5.69 Å². The Morgan fingerprint density at radius 2 is 1.69 bits per heavy atom. The highest BCUT2D eigenvalue weighted by Gasteiger charge is 2.01. The van der Waals surface area contributed by atoms with Gasteiger partial charge in [-0.15, -0.1) is 0 Å². The van der Waals surface area contributed by atoms with E-state index in [1.807, 2.05) is 42.5 Å². The monoisotopic (exact) mass is 213 g/mol. The lowest BCUT2D eigenvalue weighted by Crippen LogP contribution is -1.92. The van der Waals surface area contributed by atoms with Crippen molar-refractivity contribution in [3.8, 4) is 11.5 Å². The molecule has 2 rings (SSSR count). The third kappa shape index (κ3) is 2.60. The van der Waals surface area contributed by atoms with E-state index in [2.05, 4.69) is 18.8 Å². The molecule has 0 aliphatic heterocycles. The second-order valence-corrected chi connectivity index (χ2v) is 3.99. The molecule has 82 valence electrons. The number of aromatic nitrogens is 1. The Labute approximate surface area is 95.9 Å². The largest absolute Gasteiger partial charge is 0.456 e. The van der Waals surface area contributed by atoms with Gasteiger partial charge in [-0.3, -0.25) is 4.98 Å². The summed E-state index contributed by atoms with van der Waals surface area (Å²) in [6.07, 6.45) is 1.77. The lowest BCUT2D eigenvalue weighted by molar-refractivity contribution is 0.479. The topological polar surface area (TPSA) is 22.1 Å². The molecule has 0 fully saturated rings. The van der Waals surface area contributed by atoms with E-state index >= 15 is 0 Å². The molecule has 0 bridgehead atoms. The van der Waals surface area contributed by atoms with Crippen molar-refractivity contribution in [1.29, 1.82) is 0 Å². The van der Waals surface area contributed by atoms with Crippen molar-refractivity contribution >= 4 is 0 Å². The molecule has 2 nitrogen and oxygen atoms in total. The second kappa shape index (κ2) is 4.79. The van der Waals surface area contributed by atoms with Crippen LogP contribution in [0.25, 0.3) is 0 Å². The molecule has 16 heavy (non-hydrogen) atoms. The molecule has 2 heteroatoms. The van der Waals surface area contributed by atoms with Crippen LogP contribution in [0.2, 0.25) is 0 Å². The van der Waals surface area contributed by atoms with Crippen LogP contribution in [-0.2, 0) is 0 Å². The van der Waals surface area contributed by atoms with Crippen molar-refractivity contribution in [2.45, 2.75) is 19.8 Å². The molecule has 0 unspecified atom stereocenters. The number of benzene rings is 1. The van der Waals surface area contributed by atoms with Crippen LogP contribution in [0, 0.1) is 0 Å². The van der Waals surface area contributed by atoms with Gasteiger partial charge in [0.1, 0.15) is 11.5 Å². The van der Waals surface area contributed by atoms with Gasteiger partial charge in [0.25, 0.3) is 0 Å². The summed E-state index contributed by atoms with van der Waals surface area (Å²) in [5.41, 5.74) is 1.08. The Bertz CT molecular complexity index is 434. The van der Waals surface area contributed by atoms with E-state index < -0.39 is 0 Å². The van der Waals surface area contributed by atoms with Crippen LogP contribution in [0.4, 0.5) is 0 Å². The van der Waals surface area contributed by atoms with Crippen molar-refractivity contribution in [2.75, 3.05) is 0 Å². The zero-order valence-corrected chi connectivity index (χ0v) is 9.55. The standard InChI is InChI=1S/C14H15NO/c1-11(2)14-9-8-13(10-15-14)16-12-6-4-3-5-7-12/h3-11H,1-2H3. The quantitative estimate of drug-likeness (QED) is 0.768. The molecule has 2 aromatic rings. The average Bonchev–Trinajstić information content (AvgIpc) is 2.31. The SMILES string of the molecule is CC(C)c1ccc(Oc2ccccc2)cn1. The maximum Gasteiger partial charge on any atom is 0.145 e. The van der Waals surface area contributed by atoms with Gasteiger partial charge in [-0.2, -0.15) is 0 Å². The zero-order valence-electron chi connectivity index (χ0n) is 9.55. The van der Waals surface area contributed by atoms with Crippen LogP contribution in [0.1, 0.15) is 25.5 Å². The summed E-state index contributed by atoms with van der Waals surface area (Å²) >= 11 is 0. The highest BCUT2D eigenvalue weighted by Crippen LogP contribution is 2.21. The summed E-state index contributed by atoms with van der Waals surface area (Å²) in [6, 6.07) is 13.7. The van der Waals surface area contributed by atoms with E-state index in [-0.39, 0.29) is 0 Å². The van der Waals surface area contributed by atoms with Crippen LogP contribution in [0.5, 0.6) is 11.5 Å². The van der Waals surface area contributed by atoms with Gasteiger partial charge in [-0.1, -0.05) is 32.0 Å². The maximum atomic E-state index is 5.65. The van der Waals surface area contributed by atoms with E-state index in [9.17, 15) is 0 Å². The van der Waals surface area contributed by atoms with Crippen LogP contribution in [0.3, 0.4) is 0 Å². The molecule has 1 aromatic carbocycles. The third-order valence-electron chi connectivity index (χ3n) is 2.33. The fourth-order valence-corrected chi connectivity index (χ4v) is 1.42. The Morgan fingerprint density at radius 3 is 2.25 bits per heavy atom. The van der Waals surface area contributed by atoms with Crippen LogP contribution in [-0.4, -0.2) is 4.98 Å². The first-order valence-corrected chi connectivity index (χ1v) is 5.44. The van der Waals surface area contributed by atoms with Gasteiger partial charge in [-0.05, 0) is 30.2 Å². The molecule has 1 aromatic heterocycles. The first-order chi connectivity index (χ1) is 7.75. The smallest absolute Gasteiger partial charge is 0.145 e. The van der Waals surface area contributed by atoms with Crippen LogP contribution < -0.4 is 4.74 Å². The predicted molar refractivity (Wildman–Crippen MR) is 64.8 cm³/mol. The molecule has 0 atom stereocenters. The second-order valence-electron chi connectivity index (χ2n) is 3.99. The molecule has 1 heterocycles. The van der Waals surface area contributed by atoms with E-state index in [0.29, 0.717) is 5.92 Å². The number of ether oxygens (including phenoxy) is 1. The zero-order chi connectivity index (χ0) is 11.4. The maximum absolute atomic E-state index is 5.65. The Hall–Kier alpha value is -1.83. The number of rotatable bonds is 3. The molecule has 0 radical (unpaired) electrons. The highest BCUT2D eigenvalue weighted by atomic mass is 16.5. The number of hydrogen-bond donors (Lipinski definition) is 0. The molecule has 0 aliphatic rings. The molecule has 0 N–H and O–H groups in total. The van der Waals surface area contributed by atoms with E-state index in [4.69, 9.17) is 4.74 Å². The fourth-order valence-electron chi connectivity index (χ4n) is 1.42. The van der Waals surface area contributed by atoms with Gasteiger partial charge in [-0.25, -0.2) is 0 Å². The average molecular weight is 213 g/mol. The molecule has 0 amide bonds. The van der Waals surface area contributed by atoms with E-state index in [1.165, 1.54) is 0 Å². The molecule has 0 spiro atoms. The van der Waals surface area contributed by atoms with Crippen molar-refractivity contribution in [1.82, 2.24) is 4.98 Å². The van der Waals surface area contributed by atoms with Crippen LogP contribution >= 0.6 is 0 Å². The minimum absolute atomic E-state index is 0.450. The minimum Gasteiger partial charge on any atom is -0.456 e.